The second kappa shape index (κ2) is 6.55. The van der Waals surface area contributed by atoms with Crippen LogP contribution in [0.2, 0.25) is 0 Å². The third-order valence-corrected chi connectivity index (χ3v) is 5.29. The highest BCUT2D eigenvalue weighted by molar-refractivity contribution is 5.90. The van der Waals surface area contributed by atoms with E-state index in [-0.39, 0.29) is 17.8 Å². The first-order valence-electron chi connectivity index (χ1n) is 8.78. The molecule has 0 radical (unpaired) electrons. The molecule has 0 saturated carbocycles. The first kappa shape index (κ1) is 16.2. The van der Waals surface area contributed by atoms with Gasteiger partial charge in [0.15, 0.2) is 0 Å². The molecular formula is C18H22FN5O. The molecule has 2 saturated heterocycles. The Balaban J connectivity index is 1.49. The molecule has 2 fully saturated rings. The molecule has 1 aromatic carbocycles. The number of likely N-dealkylation sites (tertiary alicyclic amines) is 1. The molecule has 132 valence electrons. The average molecular weight is 343 g/mol. The first-order valence-corrected chi connectivity index (χ1v) is 8.78. The number of carbonyl (C=O) groups is 1. The Labute approximate surface area is 146 Å². The largest absolute Gasteiger partial charge is 0.352 e. The third-order valence-electron chi connectivity index (χ3n) is 5.29. The number of carbonyl (C=O) groups excluding carboxylic acids is 1. The van der Waals surface area contributed by atoms with Crippen LogP contribution in [0, 0.1) is 5.82 Å². The summed E-state index contributed by atoms with van der Waals surface area (Å²) >= 11 is 0. The van der Waals surface area contributed by atoms with Crippen LogP contribution in [0.15, 0.2) is 24.5 Å². The molecule has 7 heteroatoms. The maximum absolute atomic E-state index is 13.9. The van der Waals surface area contributed by atoms with Crippen LogP contribution in [0.25, 0.3) is 10.9 Å². The zero-order valence-electron chi connectivity index (χ0n) is 14.4. The number of anilines is 1. The maximum atomic E-state index is 13.9. The summed E-state index contributed by atoms with van der Waals surface area (Å²) in [6, 6.07) is 4.97. The molecule has 0 spiro atoms. The number of aromatic nitrogens is 2. The molecule has 2 aliphatic rings. The molecule has 3 heterocycles. The van der Waals surface area contributed by atoms with Crippen molar-refractivity contribution in [2.75, 3.05) is 44.7 Å². The van der Waals surface area contributed by atoms with Gasteiger partial charge in [-0.1, -0.05) is 6.07 Å². The highest BCUT2D eigenvalue weighted by atomic mass is 19.1. The van der Waals surface area contributed by atoms with Gasteiger partial charge in [0.05, 0.1) is 6.04 Å². The number of hydrogen-bond donors (Lipinski definition) is 0. The van der Waals surface area contributed by atoms with Gasteiger partial charge in [0.25, 0.3) is 0 Å². The van der Waals surface area contributed by atoms with Crippen LogP contribution in [-0.4, -0.2) is 71.5 Å². The van der Waals surface area contributed by atoms with Gasteiger partial charge >= 0.3 is 0 Å². The van der Waals surface area contributed by atoms with E-state index in [0.717, 1.165) is 30.6 Å². The van der Waals surface area contributed by atoms with E-state index in [0.29, 0.717) is 31.7 Å². The van der Waals surface area contributed by atoms with Crippen molar-refractivity contribution < 1.29 is 9.18 Å². The van der Waals surface area contributed by atoms with Crippen molar-refractivity contribution in [2.45, 2.75) is 18.9 Å². The van der Waals surface area contributed by atoms with Crippen LogP contribution in [0.4, 0.5) is 10.2 Å². The Hall–Kier alpha value is -2.28. The lowest BCUT2D eigenvalue weighted by atomic mass is 10.1. The lowest BCUT2D eigenvalue weighted by Crippen LogP contribution is -2.53. The van der Waals surface area contributed by atoms with Gasteiger partial charge in [-0.05, 0) is 38.6 Å². The predicted molar refractivity (Wildman–Crippen MR) is 93.9 cm³/mol. The molecule has 4 rings (SSSR count). The van der Waals surface area contributed by atoms with E-state index in [4.69, 9.17) is 0 Å². The smallest absolute Gasteiger partial charge is 0.240 e. The zero-order chi connectivity index (χ0) is 17.4. The van der Waals surface area contributed by atoms with Crippen LogP contribution < -0.4 is 4.90 Å². The van der Waals surface area contributed by atoms with E-state index >= 15 is 0 Å². The fraction of sp³-hybridized carbons (Fsp3) is 0.500. The number of piperazine rings is 1. The van der Waals surface area contributed by atoms with Gasteiger partial charge in [0.1, 0.15) is 23.5 Å². The summed E-state index contributed by atoms with van der Waals surface area (Å²) in [7, 11) is 2.02. The van der Waals surface area contributed by atoms with Gasteiger partial charge in [-0.3, -0.25) is 9.69 Å². The number of nitrogens with zero attached hydrogens (tertiary/aromatic N) is 5. The van der Waals surface area contributed by atoms with Crippen LogP contribution in [0.1, 0.15) is 12.8 Å². The summed E-state index contributed by atoms with van der Waals surface area (Å²) < 4.78 is 13.9. The lowest BCUT2D eigenvalue weighted by molar-refractivity contribution is -0.135. The van der Waals surface area contributed by atoms with Gasteiger partial charge in [0.2, 0.25) is 5.91 Å². The minimum Gasteiger partial charge on any atom is -0.352 e. The van der Waals surface area contributed by atoms with E-state index in [9.17, 15) is 9.18 Å². The Morgan fingerprint density at radius 2 is 1.96 bits per heavy atom. The van der Waals surface area contributed by atoms with Gasteiger partial charge in [0, 0.05) is 31.6 Å². The van der Waals surface area contributed by atoms with Crippen LogP contribution in [0.5, 0.6) is 0 Å². The number of likely N-dealkylation sites (N-methyl/N-ethyl adjacent to an activating group) is 1. The van der Waals surface area contributed by atoms with E-state index < -0.39 is 0 Å². The quantitative estimate of drug-likeness (QED) is 0.827. The number of hydrogen-bond acceptors (Lipinski definition) is 5. The molecule has 2 aliphatic heterocycles. The molecule has 6 nitrogen and oxygen atoms in total. The monoisotopic (exact) mass is 343 g/mol. The van der Waals surface area contributed by atoms with Crippen molar-refractivity contribution in [3.8, 4) is 0 Å². The minimum absolute atomic E-state index is 0.0283. The van der Waals surface area contributed by atoms with Gasteiger partial charge < -0.3 is 9.80 Å². The summed E-state index contributed by atoms with van der Waals surface area (Å²) in [5.74, 6) is 0.645. The first-order chi connectivity index (χ1) is 12.1. The molecular weight excluding hydrogens is 321 g/mol. The number of para-hydroxylation sites is 1. The molecule has 1 amide bonds. The van der Waals surface area contributed by atoms with Crippen molar-refractivity contribution in [3.05, 3.63) is 30.3 Å². The standard InChI is InChI=1S/C18H22FN5O/c1-22-7-3-6-15(22)18(25)24-10-8-23(9-11-24)17-13-4-2-5-14(19)16(13)20-12-21-17/h2,4-5,12,15H,3,6-11H2,1H3. The highest BCUT2D eigenvalue weighted by Crippen LogP contribution is 2.26. The predicted octanol–water partition coefficient (Wildman–Crippen LogP) is 1.51. The topological polar surface area (TPSA) is 52.6 Å². The Bertz CT molecular complexity index is 790. The van der Waals surface area contributed by atoms with Crippen molar-refractivity contribution in [1.29, 1.82) is 0 Å². The lowest BCUT2D eigenvalue weighted by Gasteiger charge is -2.37. The summed E-state index contributed by atoms with van der Waals surface area (Å²) in [5, 5.41) is 0.720. The van der Waals surface area contributed by atoms with Gasteiger partial charge in [-0.2, -0.15) is 0 Å². The van der Waals surface area contributed by atoms with E-state index in [1.165, 1.54) is 12.4 Å². The second-order valence-corrected chi connectivity index (χ2v) is 6.78. The van der Waals surface area contributed by atoms with E-state index in [2.05, 4.69) is 19.8 Å². The maximum Gasteiger partial charge on any atom is 0.240 e. The summed E-state index contributed by atoms with van der Waals surface area (Å²) in [6.45, 7) is 3.73. The molecule has 1 atom stereocenters. The summed E-state index contributed by atoms with van der Waals surface area (Å²) in [4.78, 5) is 27.3. The fourth-order valence-electron chi connectivity index (χ4n) is 3.86. The number of halogens is 1. The fourth-order valence-corrected chi connectivity index (χ4v) is 3.86. The SMILES string of the molecule is CN1CCCC1C(=O)N1CCN(c2ncnc3c(F)cccc23)CC1. The van der Waals surface area contributed by atoms with Gasteiger partial charge in [-0.15, -0.1) is 0 Å². The third kappa shape index (κ3) is 2.93. The van der Waals surface area contributed by atoms with Crippen LogP contribution in [0.3, 0.4) is 0 Å². The Morgan fingerprint density at radius 1 is 1.16 bits per heavy atom. The molecule has 1 aromatic heterocycles. The zero-order valence-corrected chi connectivity index (χ0v) is 14.4. The second-order valence-electron chi connectivity index (χ2n) is 6.78. The number of amides is 1. The number of rotatable bonds is 2. The number of fused-ring (bicyclic) bond motifs is 1. The van der Waals surface area contributed by atoms with E-state index in [1.54, 1.807) is 6.07 Å². The van der Waals surface area contributed by atoms with Gasteiger partial charge in [-0.25, -0.2) is 14.4 Å². The molecule has 1 unspecified atom stereocenters. The normalized spacial score (nSPS) is 21.9. The summed E-state index contributed by atoms with van der Waals surface area (Å²) in [6.07, 6.45) is 3.45. The van der Waals surface area contributed by atoms with E-state index in [1.807, 2.05) is 18.0 Å². The Morgan fingerprint density at radius 3 is 2.68 bits per heavy atom. The summed E-state index contributed by atoms with van der Waals surface area (Å²) in [5.41, 5.74) is 0.346. The molecule has 25 heavy (non-hydrogen) atoms. The van der Waals surface area contributed by atoms with Crippen LogP contribution >= 0.6 is 0 Å². The molecule has 2 aromatic rings. The molecule has 0 aliphatic carbocycles. The number of benzene rings is 1. The average Bonchev–Trinajstić information content (AvgIpc) is 3.07. The molecule has 0 bridgehead atoms. The van der Waals surface area contributed by atoms with Crippen molar-refractivity contribution in [1.82, 2.24) is 19.8 Å². The highest BCUT2D eigenvalue weighted by Gasteiger charge is 2.33. The Kier molecular flexibility index (Phi) is 4.25. The van der Waals surface area contributed by atoms with Crippen molar-refractivity contribution in [3.63, 3.8) is 0 Å². The molecule has 0 N–H and O–H groups in total. The van der Waals surface area contributed by atoms with Crippen molar-refractivity contribution >= 4 is 22.6 Å². The van der Waals surface area contributed by atoms with Crippen LogP contribution in [-0.2, 0) is 4.79 Å². The van der Waals surface area contributed by atoms with Crippen molar-refractivity contribution in [2.24, 2.45) is 0 Å². The minimum atomic E-state index is -0.334.